The van der Waals surface area contributed by atoms with E-state index in [1.165, 1.54) is 0 Å². The molecular weight excluding hydrogens is 392 g/mol. The first-order chi connectivity index (χ1) is 10.9. The van der Waals surface area contributed by atoms with Gasteiger partial charge >= 0.3 is 0 Å². The molecule has 0 saturated carbocycles. The van der Waals surface area contributed by atoms with E-state index in [2.05, 4.69) is 22.9 Å². The summed E-state index contributed by atoms with van der Waals surface area (Å²) in [6.07, 6.45) is 4.18. The summed E-state index contributed by atoms with van der Waals surface area (Å²) < 4.78 is 6.83. The lowest BCUT2D eigenvalue weighted by Gasteiger charge is -2.31. The molecule has 1 aromatic carbocycles. The SMILES string of the molecule is CCCOC1CCCN(C(=O)C(C)(N)c2ccc(Br)cc2)CC1.Cl. The lowest BCUT2D eigenvalue weighted by Crippen LogP contribution is -2.51. The second-order valence-corrected chi connectivity index (χ2v) is 7.34. The monoisotopic (exact) mass is 418 g/mol. The summed E-state index contributed by atoms with van der Waals surface area (Å²) in [4.78, 5) is 14.8. The molecule has 2 atom stereocenters. The van der Waals surface area contributed by atoms with Crippen LogP contribution in [0.15, 0.2) is 28.7 Å². The van der Waals surface area contributed by atoms with Gasteiger partial charge in [0, 0.05) is 24.2 Å². The molecule has 0 spiro atoms. The molecule has 1 fully saturated rings. The Morgan fingerprint density at radius 2 is 2.00 bits per heavy atom. The van der Waals surface area contributed by atoms with Crippen molar-refractivity contribution in [1.29, 1.82) is 0 Å². The van der Waals surface area contributed by atoms with Crippen LogP contribution < -0.4 is 5.73 Å². The summed E-state index contributed by atoms with van der Waals surface area (Å²) in [6, 6.07) is 7.66. The zero-order valence-corrected chi connectivity index (χ0v) is 16.9. The summed E-state index contributed by atoms with van der Waals surface area (Å²) in [6.45, 7) is 6.19. The van der Waals surface area contributed by atoms with Gasteiger partial charge in [-0.05, 0) is 50.3 Å². The Hall–Kier alpha value is -0.620. The van der Waals surface area contributed by atoms with Crippen LogP contribution in [0.2, 0.25) is 0 Å². The van der Waals surface area contributed by atoms with Crippen LogP contribution in [-0.2, 0) is 15.1 Å². The molecule has 0 bridgehead atoms. The van der Waals surface area contributed by atoms with E-state index in [1.807, 2.05) is 29.2 Å². The summed E-state index contributed by atoms with van der Waals surface area (Å²) in [7, 11) is 0. The van der Waals surface area contributed by atoms with E-state index in [-0.39, 0.29) is 24.4 Å². The van der Waals surface area contributed by atoms with Gasteiger partial charge in [0.2, 0.25) is 5.91 Å². The maximum absolute atomic E-state index is 12.9. The molecule has 1 aliphatic heterocycles. The molecule has 2 unspecified atom stereocenters. The number of likely N-dealkylation sites (tertiary alicyclic amines) is 1. The van der Waals surface area contributed by atoms with Crippen LogP contribution in [-0.4, -0.2) is 36.6 Å². The molecule has 1 aliphatic rings. The van der Waals surface area contributed by atoms with E-state index in [1.54, 1.807) is 6.92 Å². The van der Waals surface area contributed by atoms with Crippen LogP contribution in [0.4, 0.5) is 0 Å². The van der Waals surface area contributed by atoms with E-state index in [0.717, 1.165) is 55.4 Å². The number of hydrogen-bond donors (Lipinski definition) is 1. The first kappa shape index (κ1) is 21.4. The highest BCUT2D eigenvalue weighted by atomic mass is 79.9. The molecular formula is C18H28BrClN2O2. The molecule has 0 radical (unpaired) electrons. The normalized spacial score (nSPS) is 20.7. The van der Waals surface area contributed by atoms with E-state index in [0.29, 0.717) is 0 Å². The van der Waals surface area contributed by atoms with Crippen molar-refractivity contribution < 1.29 is 9.53 Å². The number of halogens is 2. The van der Waals surface area contributed by atoms with E-state index >= 15 is 0 Å². The molecule has 0 aromatic heterocycles. The highest BCUT2D eigenvalue weighted by Crippen LogP contribution is 2.24. The molecule has 1 heterocycles. The van der Waals surface area contributed by atoms with E-state index in [9.17, 15) is 4.79 Å². The van der Waals surface area contributed by atoms with Crippen molar-refractivity contribution in [2.24, 2.45) is 5.73 Å². The van der Waals surface area contributed by atoms with Crippen molar-refractivity contribution in [2.75, 3.05) is 19.7 Å². The van der Waals surface area contributed by atoms with Crippen molar-refractivity contribution in [2.45, 2.75) is 51.2 Å². The van der Waals surface area contributed by atoms with Crippen LogP contribution >= 0.6 is 28.3 Å². The summed E-state index contributed by atoms with van der Waals surface area (Å²) in [5, 5.41) is 0. The third kappa shape index (κ3) is 5.45. The molecule has 0 aliphatic carbocycles. The topological polar surface area (TPSA) is 55.6 Å². The number of amides is 1. The van der Waals surface area contributed by atoms with E-state index < -0.39 is 5.54 Å². The van der Waals surface area contributed by atoms with Gasteiger partial charge in [-0.15, -0.1) is 12.4 Å². The molecule has 1 aromatic rings. The molecule has 6 heteroatoms. The summed E-state index contributed by atoms with van der Waals surface area (Å²) >= 11 is 3.41. The van der Waals surface area contributed by atoms with Gasteiger partial charge in [0.15, 0.2) is 0 Å². The number of benzene rings is 1. The highest BCUT2D eigenvalue weighted by Gasteiger charge is 2.35. The second kappa shape index (κ2) is 9.76. The zero-order valence-electron chi connectivity index (χ0n) is 14.5. The molecule has 2 N–H and O–H groups in total. The van der Waals surface area contributed by atoms with Crippen molar-refractivity contribution in [3.05, 3.63) is 34.3 Å². The Morgan fingerprint density at radius 3 is 2.62 bits per heavy atom. The van der Waals surface area contributed by atoms with Crippen molar-refractivity contribution >= 4 is 34.2 Å². The predicted molar refractivity (Wildman–Crippen MR) is 103 cm³/mol. The maximum Gasteiger partial charge on any atom is 0.246 e. The molecule has 24 heavy (non-hydrogen) atoms. The van der Waals surface area contributed by atoms with Gasteiger partial charge in [-0.25, -0.2) is 0 Å². The average Bonchev–Trinajstić information content (AvgIpc) is 2.78. The first-order valence-corrected chi connectivity index (χ1v) is 9.20. The number of carbonyl (C=O) groups is 1. The summed E-state index contributed by atoms with van der Waals surface area (Å²) in [5.41, 5.74) is 6.24. The number of rotatable bonds is 5. The fraction of sp³-hybridized carbons (Fsp3) is 0.611. The van der Waals surface area contributed by atoms with Crippen LogP contribution in [0, 0.1) is 0 Å². The van der Waals surface area contributed by atoms with Gasteiger partial charge in [-0.2, -0.15) is 0 Å². The minimum Gasteiger partial charge on any atom is -0.378 e. The van der Waals surface area contributed by atoms with Gasteiger partial charge in [-0.1, -0.05) is 35.0 Å². The average molecular weight is 420 g/mol. The third-order valence-corrected chi connectivity index (χ3v) is 4.94. The van der Waals surface area contributed by atoms with Crippen molar-refractivity contribution in [3.8, 4) is 0 Å². The molecule has 1 amide bonds. The fourth-order valence-corrected chi connectivity index (χ4v) is 3.23. The Kier molecular flexibility index (Phi) is 8.71. The zero-order chi connectivity index (χ0) is 16.9. The van der Waals surface area contributed by atoms with Crippen LogP contribution in [0.5, 0.6) is 0 Å². The van der Waals surface area contributed by atoms with Gasteiger partial charge in [0.25, 0.3) is 0 Å². The highest BCUT2D eigenvalue weighted by molar-refractivity contribution is 9.10. The summed E-state index contributed by atoms with van der Waals surface area (Å²) in [5.74, 6) is -0.00374. The third-order valence-electron chi connectivity index (χ3n) is 4.41. The predicted octanol–water partition coefficient (Wildman–Crippen LogP) is 3.85. The minimum atomic E-state index is -0.995. The van der Waals surface area contributed by atoms with Crippen LogP contribution in [0.3, 0.4) is 0 Å². The number of ether oxygens (including phenoxy) is 1. The number of hydrogen-bond acceptors (Lipinski definition) is 3. The number of nitrogens with two attached hydrogens (primary N) is 1. The van der Waals surface area contributed by atoms with Crippen LogP contribution in [0.25, 0.3) is 0 Å². The van der Waals surface area contributed by atoms with Gasteiger partial charge in [0.05, 0.1) is 6.10 Å². The Bertz CT molecular complexity index is 522. The standard InChI is InChI=1S/C18H27BrN2O2.ClH/c1-3-13-23-16-5-4-11-21(12-10-16)17(22)18(2,20)14-6-8-15(19)9-7-14;/h6-9,16H,3-5,10-13,20H2,1-2H3;1H. The second-order valence-electron chi connectivity index (χ2n) is 6.43. The fourth-order valence-electron chi connectivity index (χ4n) is 2.97. The quantitative estimate of drug-likeness (QED) is 0.788. The van der Waals surface area contributed by atoms with Crippen LogP contribution in [0.1, 0.15) is 45.1 Å². The number of carbonyl (C=O) groups excluding carboxylic acids is 1. The minimum absolute atomic E-state index is 0. The Balaban J connectivity index is 0.00000288. The number of nitrogens with zero attached hydrogens (tertiary/aromatic N) is 1. The van der Waals surface area contributed by atoms with Gasteiger partial charge in [0.1, 0.15) is 5.54 Å². The molecule has 4 nitrogen and oxygen atoms in total. The largest absolute Gasteiger partial charge is 0.378 e. The van der Waals surface area contributed by atoms with E-state index in [4.69, 9.17) is 10.5 Å². The molecule has 1 saturated heterocycles. The van der Waals surface area contributed by atoms with Crippen molar-refractivity contribution in [1.82, 2.24) is 4.90 Å². The molecule has 136 valence electrons. The lowest BCUT2D eigenvalue weighted by molar-refractivity contribution is -0.136. The first-order valence-electron chi connectivity index (χ1n) is 8.41. The van der Waals surface area contributed by atoms with Gasteiger partial charge < -0.3 is 15.4 Å². The smallest absolute Gasteiger partial charge is 0.246 e. The Labute approximate surface area is 159 Å². The maximum atomic E-state index is 12.9. The van der Waals surface area contributed by atoms with Gasteiger partial charge in [-0.3, -0.25) is 4.79 Å². The lowest BCUT2D eigenvalue weighted by atomic mass is 9.91. The van der Waals surface area contributed by atoms with Crippen molar-refractivity contribution in [3.63, 3.8) is 0 Å². The molecule has 2 rings (SSSR count). The Morgan fingerprint density at radius 1 is 1.33 bits per heavy atom.